The zero-order chi connectivity index (χ0) is 19.0. The molecule has 4 aromatic rings. The maximum absolute atomic E-state index is 13.0. The highest BCUT2D eigenvalue weighted by atomic mass is 35.5. The molecule has 7 heteroatoms. The summed E-state index contributed by atoms with van der Waals surface area (Å²) < 4.78 is 1.47. The predicted molar refractivity (Wildman–Crippen MR) is 109 cm³/mol. The van der Waals surface area contributed by atoms with Crippen LogP contribution in [0.15, 0.2) is 64.9 Å². The first kappa shape index (κ1) is 17.5. The van der Waals surface area contributed by atoms with Crippen molar-refractivity contribution in [2.45, 2.75) is 6.92 Å². The maximum atomic E-state index is 13.0. The Morgan fingerprint density at radius 1 is 1.15 bits per heavy atom. The van der Waals surface area contributed by atoms with E-state index in [9.17, 15) is 9.59 Å². The SMILES string of the molecule is Cc1ccc(-c2csc3ncc(C(=O)Nc4ccccc4Cl)c(=O)n23)cc1. The molecule has 0 saturated carbocycles. The summed E-state index contributed by atoms with van der Waals surface area (Å²) in [7, 11) is 0. The van der Waals surface area contributed by atoms with Gasteiger partial charge in [0.1, 0.15) is 5.56 Å². The number of rotatable bonds is 3. The van der Waals surface area contributed by atoms with Gasteiger partial charge in [-0.05, 0) is 24.6 Å². The van der Waals surface area contributed by atoms with E-state index in [4.69, 9.17) is 11.6 Å². The Morgan fingerprint density at radius 3 is 2.63 bits per heavy atom. The van der Waals surface area contributed by atoms with Crippen LogP contribution in [0.4, 0.5) is 5.69 Å². The van der Waals surface area contributed by atoms with E-state index in [2.05, 4.69) is 10.3 Å². The van der Waals surface area contributed by atoms with Gasteiger partial charge in [-0.25, -0.2) is 4.98 Å². The van der Waals surface area contributed by atoms with E-state index in [0.717, 1.165) is 11.1 Å². The summed E-state index contributed by atoms with van der Waals surface area (Å²) in [5, 5.41) is 4.93. The Labute approximate surface area is 163 Å². The van der Waals surface area contributed by atoms with Crippen LogP contribution in [0.3, 0.4) is 0 Å². The summed E-state index contributed by atoms with van der Waals surface area (Å²) in [6, 6.07) is 14.7. The minimum absolute atomic E-state index is 0.0424. The van der Waals surface area contributed by atoms with Crippen LogP contribution in [0.5, 0.6) is 0 Å². The molecule has 134 valence electrons. The predicted octanol–water partition coefficient (Wildman–Crippen LogP) is 4.64. The number of nitrogens with one attached hydrogen (secondary N) is 1. The number of benzene rings is 2. The molecule has 0 aliphatic heterocycles. The molecule has 2 heterocycles. The van der Waals surface area contributed by atoms with E-state index in [1.807, 2.05) is 36.6 Å². The Hall–Kier alpha value is -2.96. The van der Waals surface area contributed by atoms with E-state index in [0.29, 0.717) is 21.4 Å². The molecule has 0 radical (unpaired) electrons. The molecule has 2 aromatic heterocycles. The molecule has 0 aliphatic rings. The summed E-state index contributed by atoms with van der Waals surface area (Å²) in [5.41, 5.74) is 2.71. The minimum Gasteiger partial charge on any atom is -0.320 e. The first-order valence-electron chi connectivity index (χ1n) is 8.17. The van der Waals surface area contributed by atoms with Crippen molar-refractivity contribution >= 4 is 39.5 Å². The van der Waals surface area contributed by atoms with Crippen molar-refractivity contribution in [3.63, 3.8) is 0 Å². The van der Waals surface area contributed by atoms with Crippen molar-refractivity contribution in [2.75, 3.05) is 5.32 Å². The summed E-state index contributed by atoms with van der Waals surface area (Å²) in [4.78, 5) is 30.4. The number of aromatic nitrogens is 2. The van der Waals surface area contributed by atoms with Crippen LogP contribution in [-0.4, -0.2) is 15.3 Å². The summed E-state index contributed by atoms with van der Waals surface area (Å²) >= 11 is 7.43. The van der Waals surface area contributed by atoms with E-state index in [-0.39, 0.29) is 5.56 Å². The van der Waals surface area contributed by atoms with Crippen LogP contribution in [0.25, 0.3) is 16.2 Å². The van der Waals surface area contributed by atoms with Gasteiger partial charge in [-0.15, -0.1) is 11.3 Å². The van der Waals surface area contributed by atoms with Crippen molar-refractivity contribution < 1.29 is 4.79 Å². The van der Waals surface area contributed by atoms with Gasteiger partial charge in [-0.3, -0.25) is 14.0 Å². The lowest BCUT2D eigenvalue weighted by Crippen LogP contribution is -2.26. The van der Waals surface area contributed by atoms with E-state index >= 15 is 0 Å². The Morgan fingerprint density at radius 2 is 1.89 bits per heavy atom. The topological polar surface area (TPSA) is 63.5 Å². The van der Waals surface area contributed by atoms with Crippen LogP contribution in [0.2, 0.25) is 5.02 Å². The number of anilines is 1. The molecule has 0 aliphatic carbocycles. The molecular weight excluding hydrogens is 382 g/mol. The first-order valence-corrected chi connectivity index (χ1v) is 9.42. The quantitative estimate of drug-likeness (QED) is 0.549. The van der Waals surface area contributed by atoms with Gasteiger partial charge in [0.25, 0.3) is 11.5 Å². The third-order valence-electron chi connectivity index (χ3n) is 4.16. The molecule has 0 atom stereocenters. The normalized spacial score (nSPS) is 10.9. The van der Waals surface area contributed by atoms with Gasteiger partial charge < -0.3 is 5.32 Å². The number of carbonyl (C=O) groups is 1. The Bertz CT molecular complexity index is 1210. The van der Waals surface area contributed by atoms with Gasteiger partial charge in [0.2, 0.25) is 0 Å². The average Bonchev–Trinajstić information content (AvgIpc) is 3.09. The van der Waals surface area contributed by atoms with Crippen molar-refractivity contribution in [3.05, 3.63) is 86.6 Å². The fraction of sp³-hybridized carbons (Fsp3) is 0.0500. The molecule has 0 spiro atoms. The molecule has 1 amide bonds. The number of fused-ring (bicyclic) bond motifs is 1. The van der Waals surface area contributed by atoms with Crippen molar-refractivity contribution in [1.29, 1.82) is 0 Å². The smallest absolute Gasteiger partial charge is 0.271 e. The molecule has 0 saturated heterocycles. The third kappa shape index (κ3) is 3.25. The minimum atomic E-state index is -0.545. The number of hydrogen-bond donors (Lipinski definition) is 1. The second-order valence-corrected chi connectivity index (χ2v) is 7.26. The Kier molecular flexibility index (Phi) is 4.51. The fourth-order valence-corrected chi connectivity index (χ4v) is 3.77. The van der Waals surface area contributed by atoms with Gasteiger partial charge in [0.15, 0.2) is 4.96 Å². The van der Waals surface area contributed by atoms with E-state index < -0.39 is 11.5 Å². The molecule has 1 N–H and O–H groups in total. The van der Waals surface area contributed by atoms with Gasteiger partial charge in [0, 0.05) is 11.6 Å². The highest BCUT2D eigenvalue weighted by Crippen LogP contribution is 2.25. The van der Waals surface area contributed by atoms with Gasteiger partial charge in [-0.2, -0.15) is 0 Å². The number of halogens is 1. The summed E-state index contributed by atoms with van der Waals surface area (Å²) in [6.45, 7) is 2.00. The van der Waals surface area contributed by atoms with Gasteiger partial charge >= 0.3 is 0 Å². The van der Waals surface area contributed by atoms with Crippen molar-refractivity contribution in [3.8, 4) is 11.3 Å². The number of aryl methyl sites for hydroxylation is 1. The molecule has 4 rings (SSSR count). The van der Waals surface area contributed by atoms with Crippen LogP contribution in [-0.2, 0) is 0 Å². The zero-order valence-corrected chi connectivity index (χ0v) is 15.8. The van der Waals surface area contributed by atoms with Crippen LogP contribution in [0, 0.1) is 6.92 Å². The zero-order valence-electron chi connectivity index (χ0n) is 14.3. The number of nitrogens with zero attached hydrogens (tertiary/aromatic N) is 2. The standard InChI is InChI=1S/C20H14ClN3O2S/c1-12-6-8-13(9-7-12)17-11-27-20-22-10-14(19(26)24(17)20)18(25)23-16-5-3-2-4-15(16)21/h2-11H,1H3,(H,23,25). The monoisotopic (exact) mass is 395 g/mol. The van der Waals surface area contributed by atoms with Gasteiger partial charge in [0.05, 0.1) is 16.4 Å². The largest absolute Gasteiger partial charge is 0.320 e. The lowest BCUT2D eigenvalue weighted by Gasteiger charge is -2.07. The molecule has 27 heavy (non-hydrogen) atoms. The molecule has 2 aromatic carbocycles. The number of carbonyl (C=O) groups excluding carboxylic acids is 1. The van der Waals surface area contributed by atoms with Crippen LogP contribution in [0.1, 0.15) is 15.9 Å². The van der Waals surface area contributed by atoms with Crippen LogP contribution < -0.4 is 10.9 Å². The molecule has 0 unspecified atom stereocenters. The average molecular weight is 396 g/mol. The first-order chi connectivity index (χ1) is 13.0. The fourth-order valence-electron chi connectivity index (χ4n) is 2.73. The molecular formula is C20H14ClN3O2S. The number of hydrogen-bond acceptors (Lipinski definition) is 4. The van der Waals surface area contributed by atoms with Crippen molar-refractivity contribution in [2.24, 2.45) is 0 Å². The third-order valence-corrected chi connectivity index (χ3v) is 5.33. The Balaban J connectivity index is 1.79. The molecule has 5 nitrogen and oxygen atoms in total. The second kappa shape index (κ2) is 6.98. The van der Waals surface area contributed by atoms with Crippen molar-refractivity contribution in [1.82, 2.24) is 9.38 Å². The highest BCUT2D eigenvalue weighted by molar-refractivity contribution is 7.15. The number of amides is 1. The van der Waals surface area contributed by atoms with Crippen LogP contribution >= 0.6 is 22.9 Å². The second-order valence-electron chi connectivity index (χ2n) is 6.02. The number of para-hydroxylation sites is 1. The lowest BCUT2D eigenvalue weighted by atomic mass is 10.1. The lowest BCUT2D eigenvalue weighted by molar-refractivity contribution is 0.102. The maximum Gasteiger partial charge on any atom is 0.271 e. The van der Waals surface area contributed by atoms with E-state index in [1.165, 1.54) is 21.9 Å². The van der Waals surface area contributed by atoms with Gasteiger partial charge in [-0.1, -0.05) is 53.6 Å². The highest BCUT2D eigenvalue weighted by Gasteiger charge is 2.17. The molecule has 0 bridgehead atoms. The number of thiazole rings is 1. The summed E-state index contributed by atoms with van der Waals surface area (Å²) in [6.07, 6.45) is 1.30. The van der Waals surface area contributed by atoms with E-state index in [1.54, 1.807) is 24.3 Å². The molecule has 0 fully saturated rings. The summed E-state index contributed by atoms with van der Waals surface area (Å²) in [5.74, 6) is -0.545.